The molecule has 2 aromatic rings. The first-order chi connectivity index (χ1) is 12.1. The van der Waals surface area contributed by atoms with Gasteiger partial charge in [0.1, 0.15) is 0 Å². The fraction of sp³-hybridized carbons (Fsp3) is 0.474. The topological polar surface area (TPSA) is 47.4 Å². The third-order valence-electron chi connectivity index (χ3n) is 4.49. The molecule has 0 radical (unpaired) electrons. The van der Waals surface area contributed by atoms with Gasteiger partial charge in [-0.2, -0.15) is 5.10 Å². The average molecular weight is 345 g/mol. The molecule has 1 aromatic carbocycles. The number of hydrogen-bond donors (Lipinski definition) is 0. The molecule has 0 bridgehead atoms. The van der Waals surface area contributed by atoms with Gasteiger partial charge in [-0.05, 0) is 43.9 Å². The first-order valence-electron chi connectivity index (χ1n) is 8.79. The van der Waals surface area contributed by atoms with Crippen LogP contribution in [0.15, 0.2) is 36.7 Å². The number of likely N-dealkylation sites (tertiary alicyclic amines) is 1. The largest absolute Gasteiger partial charge is 0.491 e. The molecule has 3 rings (SSSR count). The number of rotatable bonds is 7. The third kappa shape index (κ3) is 4.59. The van der Waals surface area contributed by atoms with Gasteiger partial charge < -0.3 is 9.64 Å². The van der Waals surface area contributed by atoms with E-state index < -0.39 is 0 Å². The molecule has 0 saturated carbocycles. The Kier molecular flexibility index (Phi) is 5.68. The van der Waals surface area contributed by atoms with E-state index in [4.69, 9.17) is 4.74 Å². The van der Waals surface area contributed by atoms with Gasteiger partial charge in [-0.3, -0.25) is 9.48 Å². The molecule has 1 amide bonds. The standard InChI is InChI=1S/C19H24FN3O2/c1-15-12-21-22(13-15)14-16-6-4-10-23(16)19(24)9-5-11-25-18-8-3-2-7-17(18)20/h2-3,7-8,12-13,16H,4-6,9-11,14H2,1H3/t16-/m1/s1. The lowest BCUT2D eigenvalue weighted by Crippen LogP contribution is -2.38. The lowest BCUT2D eigenvalue weighted by atomic mass is 10.2. The minimum Gasteiger partial charge on any atom is -0.491 e. The van der Waals surface area contributed by atoms with Crippen LogP contribution in [0.1, 0.15) is 31.2 Å². The van der Waals surface area contributed by atoms with Gasteiger partial charge in [0.2, 0.25) is 5.91 Å². The zero-order valence-corrected chi connectivity index (χ0v) is 14.5. The second-order valence-corrected chi connectivity index (χ2v) is 6.51. The molecule has 1 atom stereocenters. The molecule has 1 aliphatic rings. The summed E-state index contributed by atoms with van der Waals surface area (Å²) in [6.07, 6.45) is 6.88. The van der Waals surface area contributed by atoms with Crippen molar-refractivity contribution in [3.63, 3.8) is 0 Å². The Labute approximate surface area is 147 Å². The van der Waals surface area contributed by atoms with E-state index in [2.05, 4.69) is 5.10 Å². The van der Waals surface area contributed by atoms with Gasteiger partial charge in [0.15, 0.2) is 11.6 Å². The van der Waals surface area contributed by atoms with E-state index in [0.29, 0.717) is 19.4 Å². The van der Waals surface area contributed by atoms with E-state index >= 15 is 0 Å². The zero-order chi connectivity index (χ0) is 17.6. The number of carbonyl (C=O) groups excluding carboxylic acids is 1. The molecule has 0 N–H and O–H groups in total. The molecular formula is C19H24FN3O2. The predicted octanol–water partition coefficient (Wildman–Crippen LogP) is 3.18. The maximum atomic E-state index is 13.5. The Morgan fingerprint density at radius 2 is 2.24 bits per heavy atom. The van der Waals surface area contributed by atoms with E-state index in [0.717, 1.165) is 31.5 Å². The van der Waals surface area contributed by atoms with Crippen LogP contribution >= 0.6 is 0 Å². The van der Waals surface area contributed by atoms with Gasteiger partial charge in [-0.25, -0.2) is 4.39 Å². The molecule has 1 fully saturated rings. The monoisotopic (exact) mass is 345 g/mol. The van der Waals surface area contributed by atoms with Gasteiger partial charge in [0.05, 0.1) is 25.4 Å². The van der Waals surface area contributed by atoms with Crippen LogP contribution in [-0.4, -0.2) is 39.8 Å². The molecular weight excluding hydrogens is 321 g/mol. The van der Waals surface area contributed by atoms with E-state index in [1.54, 1.807) is 18.2 Å². The number of ether oxygens (including phenoxy) is 1. The second-order valence-electron chi connectivity index (χ2n) is 6.51. The molecule has 1 aromatic heterocycles. The summed E-state index contributed by atoms with van der Waals surface area (Å²) in [6, 6.07) is 6.53. The highest BCUT2D eigenvalue weighted by molar-refractivity contribution is 5.76. The van der Waals surface area contributed by atoms with Crippen molar-refractivity contribution in [3.8, 4) is 5.75 Å². The van der Waals surface area contributed by atoms with Crippen molar-refractivity contribution in [2.75, 3.05) is 13.2 Å². The van der Waals surface area contributed by atoms with Crippen molar-refractivity contribution in [3.05, 3.63) is 48.0 Å². The summed E-state index contributed by atoms with van der Waals surface area (Å²) >= 11 is 0. The van der Waals surface area contributed by atoms with Gasteiger partial charge in [-0.15, -0.1) is 0 Å². The number of aryl methyl sites for hydroxylation is 1. The number of para-hydroxylation sites is 1. The molecule has 6 heteroatoms. The number of nitrogens with zero attached hydrogens (tertiary/aromatic N) is 3. The average Bonchev–Trinajstić information content (AvgIpc) is 3.22. The lowest BCUT2D eigenvalue weighted by Gasteiger charge is -2.24. The summed E-state index contributed by atoms with van der Waals surface area (Å²) in [7, 11) is 0. The maximum absolute atomic E-state index is 13.5. The highest BCUT2D eigenvalue weighted by atomic mass is 19.1. The van der Waals surface area contributed by atoms with Crippen LogP contribution in [-0.2, 0) is 11.3 Å². The van der Waals surface area contributed by atoms with Crippen LogP contribution in [0.4, 0.5) is 4.39 Å². The molecule has 1 saturated heterocycles. The van der Waals surface area contributed by atoms with Gasteiger partial charge >= 0.3 is 0 Å². The van der Waals surface area contributed by atoms with Crippen molar-refractivity contribution in [2.45, 2.75) is 45.2 Å². The molecule has 5 nitrogen and oxygen atoms in total. The lowest BCUT2D eigenvalue weighted by molar-refractivity contribution is -0.132. The van der Waals surface area contributed by atoms with Crippen LogP contribution in [0.3, 0.4) is 0 Å². The predicted molar refractivity (Wildman–Crippen MR) is 92.8 cm³/mol. The number of carbonyl (C=O) groups is 1. The first kappa shape index (κ1) is 17.5. The van der Waals surface area contributed by atoms with Gasteiger partial charge in [0, 0.05) is 19.2 Å². The Morgan fingerprint density at radius 1 is 1.40 bits per heavy atom. The van der Waals surface area contributed by atoms with Gasteiger partial charge in [0.25, 0.3) is 0 Å². The minimum absolute atomic E-state index is 0.142. The molecule has 0 spiro atoms. The summed E-state index contributed by atoms with van der Waals surface area (Å²) in [5.41, 5.74) is 1.13. The molecule has 0 unspecified atom stereocenters. The van der Waals surface area contributed by atoms with E-state index in [9.17, 15) is 9.18 Å². The Bertz CT molecular complexity index is 716. The van der Waals surface area contributed by atoms with Crippen molar-refractivity contribution in [1.29, 1.82) is 0 Å². The van der Waals surface area contributed by atoms with E-state index in [-0.39, 0.29) is 23.5 Å². The van der Waals surface area contributed by atoms with Crippen LogP contribution in [0.5, 0.6) is 5.75 Å². The van der Waals surface area contributed by atoms with Crippen molar-refractivity contribution in [1.82, 2.24) is 14.7 Å². The fourth-order valence-corrected chi connectivity index (χ4v) is 3.25. The third-order valence-corrected chi connectivity index (χ3v) is 4.49. The number of benzene rings is 1. The Hall–Kier alpha value is -2.37. The maximum Gasteiger partial charge on any atom is 0.223 e. The van der Waals surface area contributed by atoms with E-state index in [1.807, 2.05) is 28.9 Å². The fourth-order valence-electron chi connectivity index (χ4n) is 3.25. The highest BCUT2D eigenvalue weighted by Crippen LogP contribution is 2.21. The normalized spacial score (nSPS) is 17.0. The first-order valence-corrected chi connectivity index (χ1v) is 8.79. The van der Waals surface area contributed by atoms with Gasteiger partial charge in [-0.1, -0.05) is 12.1 Å². The minimum atomic E-state index is -0.372. The quantitative estimate of drug-likeness (QED) is 0.724. The van der Waals surface area contributed by atoms with E-state index in [1.165, 1.54) is 6.07 Å². The Morgan fingerprint density at radius 3 is 3.00 bits per heavy atom. The smallest absolute Gasteiger partial charge is 0.223 e. The van der Waals surface area contributed by atoms with Crippen LogP contribution < -0.4 is 4.74 Å². The number of aromatic nitrogens is 2. The zero-order valence-electron chi connectivity index (χ0n) is 14.5. The molecule has 134 valence electrons. The van der Waals surface area contributed by atoms with Crippen LogP contribution in [0, 0.1) is 12.7 Å². The van der Waals surface area contributed by atoms with Crippen molar-refractivity contribution >= 4 is 5.91 Å². The molecule has 1 aliphatic heterocycles. The van der Waals surface area contributed by atoms with Crippen molar-refractivity contribution < 1.29 is 13.9 Å². The number of amides is 1. The summed E-state index contributed by atoms with van der Waals surface area (Å²) in [5.74, 6) is 0.00881. The van der Waals surface area contributed by atoms with Crippen molar-refractivity contribution in [2.24, 2.45) is 0 Å². The Balaban J connectivity index is 1.44. The summed E-state index contributed by atoms with van der Waals surface area (Å²) < 4.78 is 20.8. The molecule has 25 heavy (non-hydrogen) atoms. The SMILES string of the molecule is Cc1cnn(C[C@H]2CCCN2C(=O)CCCOc2ccccc2F)c1. The summed E-state index contributed by atoms with van der Waals surface area (Å²) in [6.45, 7) is 3.89. The second kappa shape index (κ2) is 8.14. The molecule has 2 heterocycles. The number of hydrogen-bond acceptors (Lipinski definition) is 3. The molecule has 0 aliphatic carbocycles. The van der Waals surface area contributed by atoms with Crippen LogP contribution in [0.2, 0.25) is 0 Å². The summed E-state index contributed by atoms with van der Waals surface area (Å²) in [5, 5.41) is 4.31. The number of halogens is 1. The van der Waals surface area contributed by atoms with Crippen LogP contribution in [0.25, 0.3) is 0 Å². The summed E-state index contributed by atoms with van der Waals surface area (Å²) in [4.78, 5) is 14.5. The highest BCUT2D eigenvalue weighted by Gasteiger charge is 2.28.